The van der Waals surface area contributed by atoms with E-state index in [0.29, 0.717) is 0 Å². The van der Waals surface area contributed by atoms with Gasteiger partial charge in [0.05, 0.1) is 0 Å². The topological polar surface area (TPSA) is 158 Å². The van der Waals surface area contributed by atoms with Gasteiger partial charge in [0.2, 0.25) is 0 Å². The summed E-state index contributed by atoms with van der Waals surface area (Å²) in [6, 6.07) is 0. The zero-order valence-corrected chi connectivity index (χ0v) is 7.52. The van der Waals surface area contributed by atoms with Crippen molar-refractivity contribution in [3.8, 4) is 0 Å². The molecule has 0 atom stereocenters. The molecule has 0 spiro atoms. The summed E-state index contributed by atoms with van der Waals surface area (Å²) in [7, 11) is -4.86. The first-order valence-corrected chi connectivity index (χ1v) is 5.29. The Kier molecular flexibility index (Phi) is 10.0. The molecule has 0 heterocycles. The second-order valence-electron chi connectivity index (χ2n) is 0.988. The van der Waals surface area contributed by atoms with Crippen molar-refractivity contribution in [2.75, 3.05) is 0 Å². The third kappa shape index (κ3) is 1680. The quantitative estimate of drug-likeness (QED) is 0.253. The Morgan fingerprint density at radius 3 is 1.09 bits per heavy atom. The fraction of sp³-hybridized carbons (Fsp3) is 0. The van der Waals surface area contributed by atoms with Crippen LogP contribution in [0.3, 0.4) is 0 Å². The van der Waals surface area contributed by atoms with Gasteiger partial charge in [0.25, 0.3) is 0 Å². The first-order chi connectivity index (χ1) is 4.00. The summed E-state index contributed by atoms with van der Waals surface area (Å²) in [5, 5.41) is 0. The van der Waals surface area contributed by atoms with Crippen LogP contribution in [-0.2, 0) is 21.0 Å². The first kappa shape index (κ1) is 17.7. The van der Waals surface area contributed by atoms with Crippen molar-refractivity contribution in [2.45, 2.75) is 0 Å². The Bertz CT molecular complexity index is 149. The summed E-state index contributed by atoms with van der Waals surface area (Å²) >= 11 is -5.12. The molecule has 0 amide bonds. The van der Waals surface area contributed by atoms with Gasteiger partial charge in [-0.3, -0.25) is 0 Å². The molecule has 0 saturated heterocycles. The van der Waals surface area contributed by atoms with Gasteiger partial charge in [-0.25, -0.2) is 0 Å². The van der Waals surface area contributed by atoms with E-state index in [0.717, 1.165) is 0 Å². The van der Waals surface area contributed by atoms with Gasteiger partial charge < -0.3 is 19.2 Å². The van der Waals surface area contributed by atoms with Crippen molar-refractivity contribution >= 4 is 9.05 Å². The molecular weight excluding hydrogens is 218 g/mol. The van der Waals surface area contributed by atoms with Gasteiger partial charge >= 0.3 is 57.3 Å². The van der Waals surface area contributed by atoms with Gasteiger partial charge in [-0.1, -0.05) is 0 Å². The van der Waals surface area contributed by atoms with Crippen molar-refractivity contribution in [3.05, 3.63) is 0 Å². The van der Waals surface area contributed by atoms with Crippen LogP contribution < -0.4 is 23.7 Å². The summed E-state index contributed by atoms with van der Waals surface area (Å²) in [6.07, 6.45) is 0. The van der Waals surface area contributed by atoms with Crippen LogP contribution in [0, 0.1) is 0 Å². The van der Waals surface area contributed by atoms with Crippen molar-refractivity contribution in [1.29, 1.82) is 0 Å². The Labute approximate surface area is 76.7 Å². The third-order valence-corrected chi connectivity index (χ3v) is 0. The Balaban J connectivity index is -0.000000107. The maximum absolute atomic E-state index is 8.91. The van der Waals surface area contributed by atoms with Gasteiger partial charge in [0.1, 0.15) is 0 Å². The molecule has 0 aliphatic heterocycles. The molecule has 0 saturated carbocycles. The molecule has 0 aromatic heterocycles. The van der Waals surface area contributed by atoms with E-state index in [2.05, 4.69) is 0 Å². The second kappa shape index (κ2) is 6.24. The average Bonchev–Trinajstić information content (AvgIpc) is 1.12. The summed E-state index contributed by atoms with van der Waals surface area (Å²) in [6.45, 7) is 0. The van der Waals surface area contributed by atoms with Gasteiger partial charge in [-0.2, -0.15) is 0 Å². The Hall–Kier alpha value is 0.694. The molecule has 0 aromatic rings. The third-order valence-electron chi connectivity index (χ3n) is 0. The van der Waals surface area contributed by atoms with Gasteiger partial charge in [-0.05, 0) is 0 Å². The number of hydrogen-bond donors (Lipinski definition) is 5. The van der Waals surface area contributed by atoms with E-state index < -0.39 is 22.4 Å². The normalized spacial score (nSPS) is 10.7. The minimum atomic E-state index is -5.12. The molecule has 5 N–H and O–H groups in total. The van der Waals surface area contributed by atoms with Crippen LogP contribution in [0.15, 0.2) is 0 Å². The van der Waals surface area contributed by atoms with Crippen molar-refractivity contribution in [2.24, 2.45) is 0 Å². The molecule has 0 aliphatic carbocycles. The fourth-order valence-electron chi connectivity index (χ4n) is 0. The van der Waals surface area contributed by atoms with Crippen LogP contribution in [0.4, 0.5) is 0 Å². The molecule has 0 radical (unpaired) electrons. The van der Waals surface area contributed by atoms with Gasteiger partial charge in [-0.15, -0.1) is 0 Å². The van der Waals surface area contributed by atoms with E-state index in [1.807, 2.05) is 0 Å². The van der Waals surface area contributed by atoms with Crippen LogP contribution >= 0.6 is 0 Å². The van der Waals surface area contributed by atoms with E-state index in [1.54, 1.807) is 0 Å². The molecule has 0 rings (SSSR count). The minimum absolute atomic E-state index is 0. The standard InChI is InChI=1S/Li.Mn.H3O4Si.2H2O.2O/c;;1-5(2,3)4;;;;/h;;1-3H;2*1H2;;/q+1;+2;-1;;;;/p-2. The summed E-state index contributed by atoms with van der Waals surface area (Å²) in [4.78, 5) is 30.6. The predicted octanol–water partition coefficient (Wildman–Crippen LogP) is -7.59. The molecule has 0 unspecified atom stereocenters. The molecule has 8 nitrogen and oxygen atoms in total. The zero-order valence-electron chi connectivity index (χ0n) is 5.34. The Morgan fingerprint density at radius 1 is 1.09 bits per heavy atom. The van der Waals surface area contributed by atoms with Crippen LogP contribution in [0.1, 0.15) is 0 Å². The summed E-state index contributed by atoms with van der Waals surface area (Å²) in [5.74, 6) is 0. The second-order valence-corrected chi connectivity index (χ2v) is 3.43. The van der Waals surface area contributed by atoms with Crippen LogP contribution in [0.25, 0.3) is 0 Å². The van der Waals surface area contributed by atoms with Crippen LogP contribution in [-0.4, -0.2) is 31.8 Å². The molecule has 0 fully saturated rings. The molecule has 65 valence electrons. The monoisotopic (exact) mass is 223 g/mol. The molecule has 0 bridgehead atoms. The van der Waals surface area contributed by atoms with Crippen molar-refractivity contribution in [1.82, 2.24) is 0 Å². The van der Waals surface area contributed by atoms with Gasteiger partial charge in [0, 0.05) is 0 Å². The van der Waals surface area contributed by atoms with Crippen molar-refractivity contribution in [3.63, 3.8) is 0 Å². The molecule has 0 aromatic carbocycles. The van der Waals surface area contributed by atoms with E-state index in [1.165, 1.54) is 0 Å². The first-order valence-electron chi connectivity index (χ1n) is 1.52. The predicted molar refractivity (Wildman–Crippen MR) is 18.2 cm³/mol. The number of rotatable bonds is 0. The SMILES string of the molecule is [Li+].[O-][Si](O)(O)O.[O]=[Mn](=[O])([OH])[OH]. The molecular formula is H5LiMnO8Si. The zero-order chi connectivity index (χ0) is 9.00. The summed E-state index contributed by atoms with van der Waals surface area (Å²) in [5.41, 5.74) is 0. The molecule has 11 heavy (non-hydrogen) atoms. The van der Waals surface area contributed by atoms with Gasteiger partial charge in [0.15, 0.2) is 0 Å². The Morgan fingerprint density at radius 2 is 1.09 bits per heavy atom. The van der Waals surface area contributed by atoms with E-state index in [4.69, 9.17) is 35.2 Å². The molecule has 11 heteroatoms. The van der Waals surface area contributed by atoms with E-state index in [9.17, 15) is 0 Å². The van der Waals surface area contributed by atoms with Crippen molar-refractivity contribution < 1.29 is 67.5 Å². The van der Waals surface area contributed by atoms with Crippen LogP contribution in [0.2, 0.25) is 0 Å². The number of hydrogen-bond acceptors (Lipinski definition) is 6. The maximum atomic E-state index is 8.91. The van der Waals surface area contributed by atoms with Crippen LogP contribution in [0.5, 0.6) is 0 Å². The summed E-state index contributed by atoms with van der Waals surface area (Å²) < 4.78 is 31.8. The average molecular weight is 223 g/mol. The fourth-order valence-corrected chi connectivity index (χ4v) is 0. The molecule has 0 aliphatic rings. The van der Waals surface area contributed by atoms with E-state index >= 15 is 0 Å². The van der Waals surface area contributed by atoms with E-state index in [-0.39, 0.29) is 18.9 Å².